The lowest BCUT2D eigenvalue weighted by Gasteiger charge is -2.04. The molecule has 0 saturated heterocycles. The Morgan fingerprint density at radius 2 is 1.94 bits per heavy atom. The first-order valence-corrected chi connectivity index (χ1v) is 4.93. The highest BCUT2D eigenvalue weighted by molar-refractivity contribution is 5.86. The molecule has 1 N–H and O–H groups in total. The molecule has 0 unspecified atom stereocenters. The molecule has 1 aromatic heterocycles. The van der Waals surface area contributed by atoms with Gasteiger partial charge in [-0.15, -0.1) is 0 Å². The smallest absolute Gasteiger partial charge is 0.338 e. The van der Waals surface area contributed by atoms with Crippen molar-refractivity contribution in [3.63, 3.8) is 0 Å². The molecule has 6 nitrogen and oxygen atoms in total. The van der Waals surface area contributed by atoms with E-state index in [1.807, 2.05) is 6.07 Å². The van der Waals surface area contributed by atoms with E-state index in [0.717, 1.165) is 12.4 Å². The molecular formula is C12H7N3O3. The molecule has 88 valence electrons. The van der Waals surface area contributed by atoms with E-state index in [9.17, 15) is 4.79 Å². The van der Waals surface area contributed by atoms with Crippen LogP contribution >= 0.6 is 0 Å². The van der Waals surface area contributed by atoms with Crippen molar-refractivity contribution >= 4 is 5.97 Å². The van der Waals surface area contributed by atoms with E-state index in [1.165, 1.54) is 0 Å². The number of hydrogen-bond donors (Lipinski definition) is 1. The summed E-state index contributed by atoms with van der Waals surface area (Å²) in [6, 6.07) is 8.58. The van der Waals surface area contributed by atoms with Crippen LogP contribution in [0.25, 0.3) is 0 Å². The predicted molar refractivity (Wildman–Crippen MR) is 60.2 cm³/mol. The zero-order valence-corrected chi connectivity index (χ0v) is 9.07. The highest BCUT2D eigenvalue weighted by Gasteiger charge is 2.07. The highest BCUT2D eigenvalue weighted by atomic mass is 16.5. The van der Waals surface area contributed by atoms with Crippen LogP contribution < -0.4 is 4.74 Å². The molecule has 0 bridgehead atoms. The Kier molecular flexibility index (Phi) is 3.16. The second kappa shape index (κ2) is 4.93. The van der Waals surface area contributed by atoms with Crippen molar-refractivity contribution in [3.05, 3.63) is 47.8 Å². The molecule has 2 rings (SSSR count). The molecule has 0 radical (unpaired) electrons. The Hall–Kier alpha value is -2.94. The number of ether oxygens (including phenoxy) is 1. The van der Waals surface area contributed by atoms with Gasteiger partial charge < -0.3 is 9.84 Å². The third-order valence-electron chi connectivity index (χ3n) is 2.08. The number of aromatic carboxylic acids is 1. The van der Waals surface area contributed by atoms with Crippen LogP contribution in [0.3, 0.4) is 0 Å². The molecule has 6 heteroatoms. The molecule has 1 heterocycles. The van der Waals surface area contributed by atoms with Crippen LogP contribution in [0.15, 0.2) is 36.7 Å². The van der Waals surface area contributed by atoms with Crippen molar-refractivity contribution < 1.29 is 14.6 Å². The van der Waals surface area contributed by atoms with Gasteiger partial charge in [0, 0.05) is 12.4 Å². The van der Waals surface area contributed by atoms with Gasteiger partial charge in [-0.25, -0.2) is 14.8 Å². The van der Waals surface area contributed by atoms with Gasteiger partial charge in [0.2, 0.25) is 0 Å². The van der Waals surface area contributed by atoms with E-state index in [2.05, 4.69) is 9.97 Å². The molecule has 18 heavy (non-hydrogen) atoms. The normalized spacial score (nSPS) is 9.50. The van der Waals surface area contributed by atoms with Crippen LogP contribution in [-0.2, 0) is 0 Å². The lowest BCUT2D eigenvalue weighted by Crippen LogP contribution is -2.00. The average Bonchev–Trinajstić information content (AvgIpc) is 2.40. The highest BCUT2D eigenvalue weighted by Crippen LogP contribution is 2.21. The number of hydrogen-bond acceptors (Lipinski definition) is 5. The van der Waals surface area contributed by atoms with Crippen LogP contribution in [0, 0.1) is 11.3 Å². The van der Waals surface area contributed by atoms with Crippen molar-refractivity contribution in [1.29, 1.82) is 5.26 Å². The standard InChI is InChI=1S/C12H7N3O3/c13-5-8-3-1-2-4-10(8)18-12-14-6-9(7-15-12)11(16)17/h1-4,6-7H,(H,16,17). The van der Waals surface area contributed by atoms with E-state index in [4.69, 9.17) is 15.1 Å². The molecule has 2 aromatic rings. The van der Waals surface area contributed by atoms with Crippen LogP contribution in [0.1, 0.15) is 15.9 Å². The van der Waals surface area contributed by atoms with Crippen molar-refractivity contribution in [3.8, 4) is 17.8 Å². The Balaban J connectivity index is 2.24. The number of para-hydroxylation sites is 1. The number of benzene rings is 1. The van der Waals surface area contributed by atoms with Gasteiger partial charge in [-0.3, -0.25) is 0 Å². The van der Waals surface area contributed by atoms with Gasteiger partial charge in [0.05, 0.1) is 11.1 Å². The number of carboxylic acid groups (broad SMARTS) is 1. The fourth-order valence-electron chi connectivity index (χ4n) is 1.23. The second-order valence-corrected chi connectivity index (χ2v) is 3.27. The van der Waals surface area contributed by atoms with E-state index in [-0.39, 0.29) is 11.6 Å². The minimum Gasteiger partial charge on any atom is -0.478 e. The first kappa shape index (κ1) is 11.5. The number of aromatic nitrogens is 2. The van der Waals surface area contributed by atoms with Crippen molar-refractivity contribution in [2.24, 2.45) is 0 Å². The summed E-state index contributed by atoms with van der Waals surface area (Å²) < 4.78 is 5.30. The Bertz CT molecular complexity index is 617. The Labute approximate surface area is 102 Å². The van der Waals surface area contributed by atoms with Gasteiger partial charge >= 0.3 is 12.0 Å². The fraction of sp³-hybridized carbons (Fsp3) is 0. The summed E-state index contributed by atoms with van der Waals surface area (Å²) in [5.74, 6) is -0.790. The molecule has 0 spiro atoms. The van der Waals surface area contributed by atoms with Gasteiger partial charge in [0.15, 0.2) is 0 Å². The lowest BCUT2D eigenvalue weighted by molar-refractivity contribution is 0.0696. The maximum absolute atomic E-state index is 10.6. The van der Waals surface area contributed by atoms with Crippen LogP contribution in [-0.4, -0.2) is 21.0 Å². The summed E-state index contributed by atoms with van der Waals surface area (Å²) in [7, 11) is 0. The quantitative estimate of drug-likeness (QED) is 0.880. The zero-order valence-electron chi connectivity index (χ0n) is 9.07. The summed E-state index contributed by atoms with van der Waals surface area (Å²) in [5, 5.41) is 17.5. The molecule has 0 aliphatic rings. The molecule has 0 atom stereocenters. The van der Waals surface area contributed by atoms with Gasteiger partial charge in [-0.1, -0.05) is 12.1 Å². The number of nitriles is 1. The van der Waals surface area contributed by atoms with Gasteiger partial charge in [0.25, 0.3) is 0 Å². The van der Waals surface area contributed by atoms with Crippen molar-refractivity contribution in [2.45, 2.75) is 0 Å². The minimum absolute atomic E-state index is 0.0114. The second-order valence-electron chi connectivity index (χ2n) is 3.27. The summed E-state index contributed by atoms with van der Waals surface area (Å²) in [4.78, 5) is 18.1. The van der Waals surface area contributed by atoms with Gasteiger partial charge in [0.1, 0.15) is 11.8 Å². The summed E-state index contributed by atoms with van der Waals surface area (Å²) >= 11 is 0. The molecular weight excluding hydrogens is 234 g/mol. The predicted octanol–water partition coefficient (Wildman–Crippen LogP) is 1.84. The molecule has 0 aliphatic carbocycles. The largest absolute Gasteiger partial charge is 0.478 e. The SMILES string of the molecule is N#Cc1ccccc1Oc1ncc(C(=O)O)cn1. The molecule has 0 fully saturated rings. The van der Waals surface area contributed by atoms with E-state index < -0.39 is 5.97 Å². The Morgan fingerprint density at radius 1 is 1.28 bits per heavy atom. The zero-order chi connectivity index (χ0) is 13.0. The first-order valence-electron chi connectivity index (χ1n) is 4.93. The monoisotopic (exact) mass is 241 g/mol. The third-order valence-corrected chi connectivity index (χ3v) is 2.08. The van der Waals surface area contributed by atoms with Crippen molar-refractivity contribution in [2.75, 3.05) is 0 Å². The molecule has 0 amide bonds. The van der Waals surface area contributed by atoms with Gasteiger partial charge in [-0.05, 0) is 12.1 Å². The topological polar surface area (TPSA) is 96.1 Å². The number of rotatable bonds is 3. The number of nitrogens with zero attached hydrogens (tertiary/aromatic N) is 3. The van der Waals surface area contributed by atoms with E-state index in [1.54, 1.807) is 24.3 Å². The Morgan fingerprint density at radius 3 is 2.56 bits per heavy atom. The van der Waals surface area contributed by atoms with Crippen molar-refractivity contribution in [1.82, 2.24) is 9.97 Å². The minimum atomic E-state index is -1.11. The van der Waals surface area contributed by atoms with E-state index in [0.29, 0.717) is 11.3 Å². The summed E-state index contributed by atoms with van der Waals surface area (Å²) in [6.45, 7) is 0. The summed E-state index contributed by atoms with van der Waals surface area (Å²) in [6.07, 6.45) is 2.28. The number of carbonyl (C=O) groups is 1. The maximum Gasteiger partial charge on any atom is 0.338 e. The average molecular weight is 241 g/mol. The van der Waals surface area contributed by atoms with Crippen LogP contribution in [0.2, 0.25) is 0 Å². The van der Waals surface area contributed by atoms with Crippen LogP contribution in [0.4, 0.5) is 0 Å². The maximum atomic E-state index is 10.6. The van der Waals surface area contributed by atoms with Crippen LogP contribution in [0.5, 0.6) is 11.8 Å². The lowest BCUT2D eigenvalue weighted by atomic mass is 10.2. The molecule has 0 aliphatic heterocycles. The molecule has 0 saturated carbocycles. The first-order chi connectivity index (χ1) is 8.70. The summed E-state index contributed by atoms with van der Waals surface area (Å²) in [5.41, 5.74) is 0.319. The molecule has 1 aromatic carbocycles. The fourth-order valence-corrected chi connectivity index (χ4v) is 1.23. The third kappa shape index (κ3) is 2.41. The van der Waals surface area contributed by atoms with E-state index >= 15 is 0 Å². The number of carboxylic acids is 1. The van der Waals surface area contributed by atoms with Gasteiger partial charge in [-0.2, -0.15) is 5.26 Å².